The van der Waals surface area contributed by atoms with Gasteiger partial charge in [0.25, 0.3) is 0 Å². The van der Waals surface area contributed by atoms with Crippen molar-refractivity contribution in [1.29, 1.82) is 0 Å². The summed E-state index contributed by atoms with van der Waals surface area (Å²) in [6.45, 7) is 4.10. The van der Waals surface area contributed by atoms with Gasteiger partial charge >= 0.3 is 0 Å². The molecule has 6 nitrogen and oxygen atoms in total. The van der Waals surface area contributed by atoms with Gasteiger partial charge in [0.1, 0.15) is 5.82 Å². The van der Waals surface area contributed by atoms with Crippen molar-refractivity contribution in [2.75, 3.05) is 5.84 Å². The van der Waals surface area contributed by atoms with Gasteiger partial charge in [-0.3, -0.25) is 4.79 Å². The van der Waals surface area contributed by atoms with E-state index in [1.54, 1.807) is 19.1 Å². The van der Waals surface area contributed by atoms with Gasteiger partial charge < -0.3 is 11.2 Å². The molecule has 0 bridgehead atoms. The highest BCUT2D eigenvalue weighted by Crippen LogP contribution is 2.25. The van der Waals surface area contributed by atoms with Crippen molar-refractivity contribution in [2.24, 2.45) is 0 Å². The smallest absolute Gasteiger partial charge is 0.233 e. The molecule has 140 valence electrons. The summed E-state index contributed by atoms with van der Waals surface area (Å²) in [5.41, 5.74) is 2.82. The molecule has 27 heavy (non-hydrogen) atoms. The van der Waals surface area contributed by atoms with Gasteiger partial charge in [-0.1, -0.05) is 53.7 Å². The molecular weight excluding hydrogens is 365 g/mol. The Bertz CT molecular complexity index is 924. The number of carbonyl (C=O) groups is 1. The number of hydrogen-bond acceptors (Lipinski definition) is 5. The molecule has 1 aromatic heterocycles. The van der Waals surface area contributed by atoms with Crippen LogP contribution < -0.4 is 11.2 Å². The van der Waals surface area contributed by atoms with Crippen molar-refractivity contribution < 1.29 is 9.18 Å². The van der Waals surface area contributed by atoms with Crippen molar-refractivity contribution in [3.05, 3.63) is 65.5 Å². The number of nitrogens with two attached hydrogens (primary N) is 1. The maximum Gasteiger partial charge on any atom is 0.233 e. The fourth-order valence-electron chi connectivity index (χ4n) is 2.40. The number of thioether (sulfide) groups is 1. The van der Waals surface area contributed by atoms with E-state index in [1.165, 1.54) is 28.6 Å². The highest BCUT2D eigenvalue weighted by molar-refractivity contribution is 8.00. The lowest BCUT2D eigenvalue weighted by Gasteiger charge is -2.11. The summed E-state index contributed by atoms with van der Waals surface area (Å²) in [7, 11) is 0. The Balaban J connectivity index is 1.61. The van der Waals surface area contributed by atoms with Crippen LogP contribution in [0, 0.1) is 12.7 Å². The van der Waals surface area contributed by atoms with E-state index in [0.717, 1.165) is 16.7 Å². The molecule has 0 radical (unpaired) electrons. The Morgan fingerprint density at radius 1 is 1.19 bits per heavy atom. The van der Waals surface area contributed by atoms with Crippen LogP contribution in [-0.2, 0) is 11.3 Å². The zero-order chi connectivity index (χ0) is 19.4. The van der Waals surface area contributed by atoms with Gasteiger partial charge in [-0.25, -0.2) is 9.07 Å². The monoisotopic (exact) mass is 385 g/mol. The number of nitrogens with one attached hydrogen (secondary N) is 1. The SMILES string of the molecule is Cc1ccc(-c2nnc(S[C@@H](C)C(=O)NCc3ccc(F)cc3)n2N)cc1. The second kappa shape index (κ2) is 8.22. The number of rotatable bonds is 6. The first-order valence-electron chi connectivity index (χ1n) is 8.40. The maximum atomic E-state index is 12.9. The number of carbonyl (C=O) groups excluding carboxylic acids is 1. The lowest BCUT2D eigenvalue weighted by atomic mass is 10.1. The van der Waals surface area contributed by atoms with E-state index in [2.05, 4.69) is 15.5 Å². The topological polar surface area (TPSA) is 85.8 Å². The van der Waals surface area contributed by atoms with Crippen LogP contribution in [0.5, 0.6) is 0 Å². The molecule has 0 saturated heterocycles. The van der Waals surface area contributed by atoms with Gasteiger partial charge in [0.15, 0.2) is 5.82 Å². The van der Waals surface area contributed by atoms with Crippen LogP contribution in [0.15, 0.2) is 53.7 Å². The molecule has 0 saturated carbocycles. The average Bonchev–Trinajstić information content (AvgIpc) is 3.02. The minimum Gasteiger partial charge on any atom is -0.351 e. The van der Waals surface area contributed by atoms with Crippen LogP contribution in [0.3, 0.4) is 0 Å². The molecule has 0 aliphatic carbocycles. The van der Waals surface area contributed by atoms with Gasteiger partial charge in [0, 0.05) is 12.1 Å². The maximum absolute atomic E-state index is 12.9. The van der Waals surface area contributed by atoms with Gasteiger partial charge in [0.05, 0.1) is 5.25 Å². The molecule has 0 aliphatic rings. The number of halogens is 1. The molecule has 2 aromatic carbocycles. The second-order valence-corrected chi connectivity index (χ2v) is 7.45. The van der Waals surface area contributed by atoms with Crippen LogP contribution in [0.1, 0.15) is 18.1 Å². The van der Waals surface area contributed by atoms with Crippen LogP contribution >= 0.6 is 11.8 Å². The van der Waals surface area contributed by atoms with Crippen molar-refractivity contribution in [1.82, 2.24) is 20.2 Å². The van der Waals surface area contributed by atoms with Crippen LogP contribution in [-0.4, -0.2) is 26.0 Å². The Morgan fingerprint density at radius 3 is 2.52 bits per heavy atom. The first-order valence-corrected chi connectivity index (χ1v) is 9.28. The van der Waals surface area contributed by atoms with Crippen LogP contribution in [0.4, 0.5) is 4.39 Å². The van der Waals surface area contributed by atoms with Crippen LogP contribution in [0.2, 0.25) is 0 Å². The van der Waals surface area contributed by atoms with E-state index in [9.17, 15) is 9.18 Å². The van der Waals surface area contributed by atoms with E-state index in [0.29, 0.717) is 17.5 Å². The fourth-order valence-corrected chi connectivity index (χ4v) is 3.20. The molecule has 1 heterocycles. The number of aromatic nitrogens is 3. The Kier molecular flexibility index (Phi) is 5.75. The fraction of sp³-hybridized carbons (Fsp3) is 0.211. The molecule has 3 N–H and O–H groups in total. The summed E-state index contributed by atoms with van der Waals surface area (Å²) in [5, 5.41) is 11.1. The number of benzene rings is 2. The van der Waals surface area contributed by atoms with Crippen molar-refractivity contribution in [2.45, 2.75) is 30.8 Å². The molecule has 8 heteroatoms. The molecule has 0 spiro atoms. The third-order valence-electron chi connectivity index (χ3n) is 4.01. The first kappa shape index (κ1) is 18.9. The molecule has 0 unspecified atom stereocenters. The molecule has 1 atom stereocenters. The van der Waals surface area contributed by atoms with Crippen molar-refractivity contribution >= 4 is 17.7 Å². The minimum absolute atomic E-state index is 0.163. The molecular formula is C19H20FN5OS. The van der Waals surface area contributed by atoms with E-state index >= 15 is 0 Å². The standard InChI is InChI=1S/C19H20FN5OS/c1-12-3-7-15(8-4-12)17-23-24-19(25(17)21)27-13(2)18(26)22-11-14-5-9-16(20)10-6-14/h3-10,13H,11,21H2,1-2H3,(H,22,26)/t13-/m0/s1. The number of nitrogen functional groups attached to an aromatic ring is 1. The van der Waals surface area contributed by atoms with E-state index in [4.69, 9.17) is 5.84 Å². The zero-order valence-corrected chi connectivity index (χ0v) is 15.8. The van der Waals surface area contributed by atoms with Gasteiger partial charge in [-0.15, -0.1) is 10.2 Å². The van der Waals surface area contributed by atoms with Gasteiger partial charge in [-0.2, -0.15) is 0 Å². The summed E-state index contributed by atoms with van der Waals surface area (Å²) < 4.78 is 14.3. The predicted octanol–water partition coefficient (Wildman–Crippen LogP) is 2.90. The second-order valence-electron chi connectivity index (χ2n) is 6.15. The third-order valence-corrected chi connectivity index (χ3v) is 5.06. The highest BCUT2D eigenvalue weighted by atomic mass is 32.2. The number of aryl methyl sites for hydroxylation is 1. The number of nitrogens with zero attached hydrogens (tertiary/aromatic N) is 3. The van der Waals surface area contributed by atoms with E-state index in [-0.39, 0.29) is 11.7 Å². The third kappa shape index (κ3) is 4.65. The first-order chi connectivity index (χ1) is 12.9. The summed E-state index contributed by atoms with van der Waals surface area (Å²) >= 11 is 1.23. The summed E-state index contributed by atoms with van der Waals surface area (Å²) in [6.07, 6.45) is 0. The Hall–Kier alpha value is -2.87. The van der Waals surface area contributed by atoms with E-state index in [1.807, 2.05) is 31.2 Å². The molecule has 0 aliphatic heterocycles. The predicted molar refractivity (Wildman–Crippen MR) is 104 cm³/mol. The van der Waals surface area contributed by atoms with Gasteiger partial charge in [0.2, 0.25) is 11.1 Å². The van der Waals surface area contributed by atoms with E-state index < -0.39 is 5.25 Å². The van der Waals surface area contributed by atoms with Crippen molar-refractivity contribution in [3.8, 4) is 11.4 Å². The molecule has 1 amide bonds. The quantitative estimate of drug-likeness (QED) is 0.503. The number of amides is 1. The summed E-state index contributed by atoms with van der Waals surface area (Å²) in [5.74, 6) is 6.18. The van der Waals surface area contributed by atoms with Crippen molar-refractivity contribution in [3.63, 3.8) is 0 Å². The lowest BCUT2D eigenvalue weighted by Crippen LogP contribution is -2.30. The zero-order valence-electron chi connectivity index (χ0n) is 15.0. The Labute approximate surface area is 161 Å². The summed E-state index contributed by atoms with van der Waals surface area (Å²) in [4.78, 5) is 12.3. The molecule has 0 fully saturated rings. The highest BCUT2D eigenvalue weighted by Gasteiger charge is 2.19. The summed E-state index contributed by atoms with van der Waals surface area (Å²) in [6, 6.07) is 13.8. The largest absolute Gasteiger partial charge is 0.351 e. The molecule has 3 aromatic rings. The Morgan fingerprint density at radius 2 is 1.85 bits per heavy atom. The minimum atomic E-state index is -0.414. The van der Waals surface area contributed by atoms with Gasteiger partial charge in [-0.05, 0) is 31.5 Å². The number of hydrogen-bond donors (Lipinski definition) is 2. The van der Waals surface area contributed by atoms with Crippen LogP contribution in [0.25, 0.3) is 11.4 Å². The average molecular weight is 385 g/mol. The normalized spacial score (nSPS) is 12.0. The lowest BCUT2D eigenvalue weighted by molar-refractivity contribution is -0.120. The molecule has 3 rings (SSSR count).